The van der Waals surface area contributed by atoms with E-state index >= 15 is 0 Å². The van der Waals surface area contributed by atoms with Gasteiger partial charge in [0.25, 0.3) is 0 Å². The molecule has 0 atom stereocenters. The summed E-state index contributed by atoms with van der Waals surface area (Å²) >= 11 is 6.59. The minimum absolute atomic E-state index is 0.185. The number of esters is 1. The Morgan fingerprint density at radius 3 is 2.53 bits per heavy atom. The summed E-state index contributed by atoms with van der Waals surface area (Å²) in [5.74, 6) is 0.701. The predicted molar refractivity (Wildman–Crippen MR) is 143 cm³/mol. The second-order valence-electron chi connectivity index (χ2n) is 8.38. The van der Waals surface area contributed by atoms with E-state index < -0.39 is 5.97 Å². The molecule has 0 N–H and O–H groups in total. The van der Waals surface area contributed by atoms with E-state index in [1.165, 1.54) is 0 Å². The van der Waals surface area contributed by atoms with Crippen molar-refractivity contribution in [3.63, 3.8) is 0 Å². The van der Waals surface area contributed by atoms with Crippen LogP contribution < -0.4 is 9.47 Å². The first kappa shape index (κ1) is 23.6. The molecule has 0 spiro atoms. The highest BCUT2D eigenvalue weighted by atomic mass is 35.5. The molecule has 1 aliphatic heterocycles. The molecule has 6 heteroatoms. The van der Waals surface area contributed by atoms with E-state index in [1.807, 2.05) is 80.6 Å². The van der Waals surface area contributed by atoms with Gasteiger partial charge < -0.3 is 14.2 Å². The van der Waals surface area contributed by atoms with Gasteiger partial charge in [-0.2, -0.15) is 0 Å². The number of nitrogens with zero attached hydrogens (tertiary/aromatic N) is 1. The molecule has 180 valence electrons. The molecule has 5 nitrogen and oxygen atoms in total. The quantitative estimate of drug-likeness (QED) is 0.201. The number of aliphatic imine (C=N–C) groups is 1. The highest BCUT2D eigenvalue weighted by molar-refractivity contribution is 6.32. The highest BCUT2D eigenvalue weighted by Crippen LogP contribution is 2.38. The van der Waals surface area contributed by atoms with Crippen molar-refractivity contribution in [2.75, 3.05) is 6.61 Å². The van der Waals surface area contributed by atoms with E-state index in [1.54, 1.807) is 18.2 Å². The zero-order valence-corrected chi connectivity index (χ0v) is 20.7. The summed E-state index contributed by atoms with van der Waals surface area (Å²) in [5.41, 5.74) is 3.77. The molecule has 0 saturated carbocycles. The van der Waals surface area contributed by atoms with Crippen LogP contribution in [0, 0.1) is 6.92 Å². The van der Waals surface area contributed by atoms with Gasteiger partial charge in [-0.05, 0) is 71.7 Å². The Hall–Kier alpha value is -4.09. The summed E-state index contributed by atoms with van der Waals surface area (Å²) < 4.78 is 17.3. The summed E-state index contributed by atoms with van der Waals surface area (Å²) in [6, 6.07) is 25.3. The normalized spacial score (nSPS) is 14.1. The first-order valence-corrected chi connectivity index (χ1v) is 12.0. The van der Waals surface area contributed by atoms with E-state index in [-0.39, 0.29) is 11.6 Å². The van der Waals surface area contributed by atoms with Crippen molar-refractivity contribution in [2.45, 2.75) is 20.5 Å². The minimum Gasteiger partial charge on any atom is -0.490 e. The number of ether oxygens (including phenoxy) is 3. The lowest BCUT2D eigenvalue weighted by atomic mass is 10.1. The lowest BCUT2D eigenvalue weighted by molar-refractivity contribution is -0.129. The molecule has 1 heterocycles. The fourth-order valence-corrected chi connectivity index (χ4v) is 4.28. The topological polar surface area (TPSA) is 57.1 Å². The number of halogens is 1. The maximum Gasteiger partial charge on any atom is 0.363 e. The van der Waals surface area contributed by atoms with Crippen molar-refractivity contribution >= 4 is 40.3 Å². The molecule has 5 rings (SSSR count). The number of fused-ring (bicyclic) bond motifs is 1. The predicted octanol–water partition coefficient (Wildman–Crippen LogP) is 7.12. The zero-order chi connectivity index (χ0) is 25.1. The average molecular weight is 498 g/mol. The van der Waals surface area contributed by atoms with Crippen molar-refractivity contribution in [3.8, 4) is 11.5 Å². The van der Waals surface area contributed by atoms with E-state index in [0.717, 1.165) is 27.5 Å². The van der Waals surface area contributed by atoms with Crippen LogP contribution in [0.5, 0.6) is 11.5 Å². The molecular weight excluding hydrogens is 474 g/mol. The van der Waals surface area contributed by atoms with E-state index in [9.17, 15) is 4.79 Å². The SMILES string of the molecule is CCOc1cc(/C=C2\N=C(c3ccc4ccccc4c3)OC2=O)cc(Cl)c1OCc1ccccc1C. The number of carbonyl (C=O) groups excluding carboxylic acids is 1. The molecule has 0 saturated heterocycles. The summed E-state index contributed by atoms with van der Waals surface area (Å²) in [7, 11) is 0. The Balaban J connectivity index is 1.43. The summed E-state index contributed by atoms with van der Waals surface area (Å²) in [6.07, 6.45) is 1.63. The fraction of sp³-hybridized carbons (Fsp3) is 0.133. The third kappa shape index (κ3) is 4.97. The number of hydrogen-bond acceptors (Lipinski definition) is 5. The molecule has 0 unspecified atom stereocenters. The highest BCUT2D eigenvalue weighted by Gasteiger charge is 2.25. The number of aryl methyl sites for hydroxylation is 1. The van der Waals surface area contributed by atoms with Crippen molar-refractivity contribution < 1.29 is 19.0 Å². The molecule has 0 radical (unpaired) electrons. The summed E-state index contributed by atoms with van der Waals surface area (Å²) in [5, 5.41) is 2.52. The lowest BCUT2D eigenvalue weighted by Crippen LogP contribution is -2.05. The standard InChI is InChI=1S/C30H24ClNO4/c1-3-34-27-16-20(14-25(31)28(27)35-18-24-11-5-4-8-19(24)2)15-26-30(33)36-29(32-26)23-13-12-21-9-6-7-10-22(21)17-23/h4-17H,3,18H2,1-2H3/b26-15-. The van der Waals surface area contributed by atoms with Gasteiger partial charge in [0.05, 0.1) is 11.6 Å². The van der Waals surface area contributed by atoms with Crippen LogP contribution in [0.2, 0.25) is 5.02 Å². The van der Waals surface area contributed by atoms with Crippen molar-refractivity contribution in [2.24, 2.45) is 4.99 Å². The van der Waals surface area contributed by atoms with Crippen LogP contribution in [0.25, 0.3) is 16.8 Å². The molecule has 0 aromatic heterocycles. The number of hydrogen-bond donors (Lipinski definition) is 0. The van der Waals surface area contributed by atoms with Crippen LogP contribution in [0.15, 0.2) is 89.6 Å². The smallest absolute Gasteiger partial charge is 0.363 e. The molecule has 0 amide bonds. The first-order chi connectivity index (χ1) is 17.5. The third-order valence-electron chi connectivity index (χ3n) is 5.89. The number of rotatable bonds is 7. The Kier molecular flexibility index (Phi) is 6.74. The fourth-order valence-electron chi connectivity index (χ4n) is 4.01. The Morgan fingerprint density at radius 2 is 1.72 bits per heavy atom. The molecule has 1 aliphatic rings. The van der Waals surface area contributed by atoms with E-state index in [4.69, 9.17) is 25.8 Å². The third-order valence-corrected chi connectivity index (χ3v) is 6.17. The maximum absolute atomic E-state index is 12.6. The van der Waals surface area contributed by atoms with Gasteiger partial charge in [0.2, 0.25) is 5.90 Å². The largest absolute Gasteiger partial charge is 0.490 e. The van der Waals surface area contributed by atoms with Gasteiger partial charge >= 0.3 is 5.97 Å². The molecular formula is C30H24ClNO4. The zero-order valence-electron chi connectivity index (χ0n) is 20.0. The molecule has 0 aliphatic carbocycles. The average Bonchev–Trinajstić information content (AvgIpc) is 3.24. The lowest BCUT2D eigenvalue weighted by Gasteiger charge is -2.15. The van der Waals surface area contributed by atoms with Crippen molar-refractivity contribution in [3.05, 3.63) is 112 Å². The first-order valence-electron chi connectivity index (χ1n) is 11.7. The molecule has 0 bridgehead atoms. The van der Waals surface area contributed by atoms with Crippen LogP contribution in [0.3, 0.4) is 0 Å². The van der Waals surface area contributed by atoms with Gasteiger partial charge in [-0.15, -0.1) is 0 Å². The number of cyclic esters (lactones) is 1. The Labute approximate surface area is 214 Å². The van der Waals surface area contributed by atoms with Gasteiger partial charge in [0.15, 0.2) is 17.2 Å². The van der Waals surface area contributed by atoms with Crippen molar-refractivity contribution in [1.82, 2.24) is 0 Å². The second-order valence-corrected chi connectivity index (χ2v) is 8.78. The van der Waals surface area contributed by atoms with Gasteiger partial charge in [-0.3, -0.25) is 0 Å². The minimum atomic E-state index is -0.521. The Bertz CT molecular complexity index is 1520. The second kappa shape index (κ2) is 10.3. The van der Waals surface area contributed by atoms with Crippen LogP contribution in [-0.4, -0.2) is 18.5 Å². The van der Waals surface area contributed by atoms with E-state index in [0.29, 0.717) is 35.3 Å². The van der Waals surface area contributed by atoms with Gasteiger partial charge in [0.1, 0.15) is 6.61 Å². The molecule has 0 fully saturated rings. The van der Waals surface area contributed by atoms with Crippen LogP contribution in [0.1, 0.15) is 29.2 Å². The Morgan fingerprint density at radius 1 is 0.944 bits per heavy atom. The summed E-state index contributed by atoms with van der Waals surface area (Å²) in [6.45, 7) is 4.72. The van der Waals surface area contributed by atoms with Gasteiger partial charge in [0, 0.05) is 5.56 Å². The summed E-state index contributed by atoms with van der Waals surface area (Å²) in [4.78, 5) is 17.0. The van der Waals surface area contributed by atoms with Crippen molar-refractivity contribution in [1.29, 1.82) is 0 Å². The monoisotopic (exact) mass is 497 g/mol. The maximum atomic E-state index is 12.6. The number of benzene rings is 4. The van der Waals surface area contributed by atoms with Crippen LogP contribution in [0.4, 0.5) is 0 Å². The number of carbonyl (C=O) groups is 1. The van der Waals surface area contributed by atoms with Gasteiger partial charge in [-0.1, -0.05) is 66.2 Å². The van der Waals surface area contributed by atoms with Gasteiger partial charge in [-0.25, -0.2) is 9.79 Å². The van der Waals surface area contributed by atoms with Crippen LogP contribution in [-0.2, 0) is 16.1 Å². The molecule has 36 heavy (non-hydrogen) atoms. The molecule has 4 aromatic rings. The van der Waals surface area contributed by atoms with Crippen LogP contribution >= 0.6 is 11.6 Å². The molecule has 4 aromatic carbocycles. The van der Waals surface area contributed by atoms with E-state index in [2.05, 4.69) is 4.99 Å².